The Morgan fingerprint density at radius 1 is 1.59 bits per heavy atom. The Morgan fingerprint density at radius 3 is 2.94 bits per heavy atom. The van der Waals surface area contributed by atoms with E-state index in [0.717, 1.165) is 6.42 Å². The maximum Gasteiger partial charge on any atom is 0.259 e. The summed E-state index contributed by atoms with van der Waals surface area (Å²) in [6.45, 7) is 3.24. The Bertz CT molecular complexity index is 371. The second kappa shape index (κ2) is 7.12. The van der Waals surface area contributed by atoms with Crippen molar-refractivity contribution in [2.24, 2.45) is 0 Å². The van der Waals surface area contributed by atoms with Crippen LogP contribution in [-0.4, -0.2) is 41.9 Å². The molecule has 5 heteroatoms. The number of hydrogen-bond donors (Lipinski definition) is 0. The fourth-order valence-electron chi connectivity index (χ4n) is 1.54. The Kier molecular flexibility index (Phi) is 5.77. The number of hydrogen-bond acceptors (Lipinski definition) is 3. The molecule has 0 aliphatic heterocycles. The zero-order chi connectivity index (χ0) is 12.7. The molecule has 0 spiro atoms. The molecule has 17 heavy (non-hydrogen) atoms. The van der Waals surface area contributed by atoms with Crippen LogP contribution in [0.3, 0.4) is 0 Å². The van der Waals surface area contributed by atoms with Crippen LogP contribution in [0.1, 0.15) is 23.7 Å². The van der Waals surface area contributed by atoms with Crippen LogP contribution in [0.4, 0.5) is 0 Å². The van der Waals surface area contributed by atoms with Crippen molar-refractivity contribution < 1.29 is 9.53 Å². The van der Waals surface area contributed by atoms with E-state index >= 15 is 0 Å². The first-order valence-corrected chi connectivity index (χ1v) is 6.12. The minimum absolute atomic E-state index is 0.0671. The predicted molar refractivity (Wildman–Crippen MR) is 67.7 cm³/mol. The highest BCUT2D eigenvalue weighted by molar-refractivity contribution is 6.17. The van der Waals surface area contributed by atoms with Gasteiger partial charge in [-0.05, 0) is 25.5 Å². The van der Waals surface area contributed by atoms with Crippen molar-refractivity contribution in [3.05, 3.63) is 23.9 Å². The largest absolute Gasteiger partial charge is 0.480 e. The summed E-state index contributed by atoms with van der Waals surface area (Å²) >= 11 is 5.64. The average molecular weight is 257 g/mol. The third kappa shape index (κ3) is 3.60. The molecule has 0 unspecified atom stereocenters. The fraction of sp³-hybridized carbons (Fsp3) is 0.500. The first-order chi connectivity index (χ1) is 8.24. The number of rotatable bonds is 6. The van der Waals surface area contributed by atoms with Gasteiger partial charge in [0.2, 0.25) is 5.88 Å². The van der Waals surface area contributed by atoms with Gasteiger partial charge < -0.3 is 9.64 Å². The normalized spacial score (nSPS) is 10.1. The third-order valence-corrected chi connectivity index (χ3v) is 2.69. The first-order valence-electron chi connectivity index (χ1n) is 5.58. The highest BCUT2D eigenvalue weighted by Gasteiger charge is 2.18. The summed E-state index contributed by atoms with van der Waals surface area (Å²) in [5, 5.41) is 0. The molecule has 1 aromatic heterocycles. The molecule has 1 aromatic rings. The lowest BCUT2D eigenvalue weighted by atomic mass is 10.2. The molecular formula is C12H17ClN2O2. The van der Waals surface area contributed by atoms with E-state index in [9.17, 15) is 4.79 Å². The molecule has 0 atom stereocenters. The number of carbonyl (C=O) groups excluding carboxylic acids is 1. The van der Waals surface area contributed by atoms with Gasteiger partial charge in [0.1, 0.15) is 5.56 Å². The summed E-state index contributed by atoms with van der Waals surface area (Å²) in [5.41, 5.74) is 0.492. The van der Waals surface area contributed by atoms with Crippen LogP contribution < -0.4 is 4.74 Å². The van der Waals surface area contributed by atoms with E-state index in [1.54, 1.807) is 23.2 Å². The number of alkyl halides is 1. The van der Waals surface area contributed by atoms with E-state index < -0.39 is 0 Å². The Hall–Kier alpha value is -1.29. The van der Waals surface area contributed by atoms with E-state index in [-0.39, 0.29) is 5.91 Å². The Balaban J connectivity index is 2.85. The minimum Gasteiger partial charge on any atom is -0.480 e. The summed E-state index contributed by atoms with van der Waals surface area (Å²) in [5.74, 6) is 0.845. The van der Waals surface area contributed by atoms with Crippen LogP contribution in [0, 0.1) is 0 Å². The van der Waals surface area contributed by atoms with Gasteiger partial charge in [-0.3, -0.25) is 4.79 Å². The number of pyridine rings is 1. The number of ether oxygens (including phenoxy) is 1. The lowest BCUT2D eigenvalue weighted by molar-refractivity contribution is 0.0760. The molecule has 0 saturated carbocycles. The number of nitrogens with zero attached hydrogens (tertiary/aromatic N) is 2. The highest BCUT2D eigenvalue weighted by Crippen LogP contribution is 2.16. The zero-order valence-electron chi connectivity index (χ0n) is 10.1. The average Bonchev–Trinajstić information content (AvgIpc) is 2.39. The molecule has 0 aliphatic rings. The van der Waals surface area contributed by atoms with Crippen molar-refractivity contribution in [1.29, 1.82) is 0 Å². The van der Waals surface area contributed by atoms with Gasteiger partial charge in [0.15, 0.2) is 0 Å². The molecule has 0 fully saturated rings. The molecule has 0 aliphatic carbocycles. The second-order valence-corrected chi connectivity index (χ2v) is 3.87. The van der Waals surface area contributed by atoms with Gasteiger partial charge in [-0.15, -0.1) is 11.6 Å². The quantitative estimate of drug-likeness (QED) is 0.733. The van der Waals surface area contributed by atoms with Crippen LogP contribution in [0.5, 0.6) is 5.88 Å². The molecule has 0 N–H and O–H groups in total. The number of aromatic nitrogens is 1. The molecule has 0 radical (unpaired) electrons. The third-order valence-electron chi connectivity index (χ3n) is 2.43. The Morgan fingerprint density at radius 2 is 2.35 bits per heavy atom. The number of amides is 1. The standard InChI is InChI=1S/C12H17ClN2O2/c1-3-15(9-5-7-13)12(16)10-6-4-8-14-11(10)17-2/h4,6,8H,3,5,7,9H2,1-2H3. The van der Waals surface area contributed by atoms with Crippen molar-refractivity contribution in [2.75, 3.05) is 26.1 Å². The smallest absolute Gasteiger partial charge is 0.259 e. The van der Waals surface area contributed by atoms with Crippen molar-refractivity contribution in [3.63, 3.8) is 0 Å². The van der Waals surface area contributed by atoms with E-state index in [1.165, 1.54) is 7.11 Å². The lowest BCUT2D eigenvalue weighted by Crippen LogP contribution is -2.32. The van der Waals surface area contributed by atoms with Crippen LogP contribution in [0.25, 0.3) is 0 Å². The lowest BCUT2D eigenvalue weighted by Gasteiger charge is -2.21. The van der Waals surface area contributed by atoms with Crippen molar-refractivity contribution >= 4 is 17.5 Å². The van der Waals surface area contributed by atoms with Crippen LogP contribution in [-0.2, 0) is 0 Å². The van der Waals surface area contributed by atoms with Crippen molar-refractivity contribution in [2.45, 2.75) is 13.3 Å². The monoisotopic (exact) mass is 256 g/mol. The van der Waals surface area contributed by atoms with Crippen LogP contribution in [0.15, 0.2) is 18.3 Å². The van der Waals surface area contributed by atoms with Gasteiger partial charge in [-0.25, -0.2) is 4.98 Å². The second-order valence-electron chi connectivity index (χ2n) is 3.49. The van der Waals surface area contributed by atoms with E-state index in [1.807, 2.05) is 6.92 Å². The van der Waals surface area contributed by atoms with Gasteiger partial charge in [0.25, 0.3) is 5.91 Å². The van der Waals surface area contributed by atoms with Gasteiger partial charge in [-0.2, -0.15) is 0 Å². The van der Waals surface area contributed by atoms with Crippen LogP contribution in [0.2, 0.25) is 0 Å². The predicted octanol–water partition coefficient (Wildman–Crippen LogP) is 2.18. The summed E-state index contributed by atoms with van der Waals surface area (Å²) < 4.78 is 5.08. The molecule has 94 valence electrons. The number of halogens is 1. The summed E-state index contributed by atoms with van der Waals surface area (Å²) in [6.07, 6.45) is 2.38. The first kappa shape index (κ1) is 13.8. The molecule has 0 saturated heterocycles. The van der Waals surface area contributed by atoms with E-state index in [4.69, 9.17) is 16.3 Å². The van der Waals surface area contributed by atoms with Gasteiger partial charge >= 0.3 is 0 Å². The topological polar surface area (TPSA) is 42.4 Å². The highest BCUT2D eigenvalue weighted by atomic mass is 35.5. The van der Waals surface area contributed by atoms with E-state index in [0.29, 0.717) is 30.4 Å². The molecule has 1 amide bonds. The fourth-order valence-corrected chi connectivity index (χ4v) is 1.66. The number of carbonyl (C=O) groups is 1. The minimum atomic E-state index is -0.0671. The zero-order valence-corrected chi connectivity index (χ0v) is 10.9. The van der Waals surface area contributed by atoms with Gasteiger partial charge in [-0.1, -0.05) is 0 Å². The maximum atomic E-state index is 12.2. The van der Waals surface area contributed by atoms with Crippen LogP contribution >= 0.6 is 11.6 Å². The molecule has 0 bridgehead atoms. The Labute approximate surface area is 107 Å². The van der Waals surface area contributed by atoms with E-state index in [2.05, 4.69) is 4.98 Å². The van der Waals surface area contributed by atoms with Gasteiger partial charge in [0, 0.05) is 25.2 Å². The molecule has 1 heterocycles. The molecular weight excluding hydrogens is 240 g/mol. The molecule has 1 rings (SSSR count). The number of methoxy groups -OCH3 is 1. The van der Waals surface area contributed by atoms with Crippen molar-refractivity contribution in [1.82, 2.24) is 9.88 Å². The summed E-state index contributed by atoms with van der Waals surface area (Å²) in [6, 6.07) is 3.45. The van der Waals surface area contributed by atoms with Crippen molar-refractivity contribution in [3.8, 4) is 5.88 Å². The summed E-state index contributed by atoms with van der Waals surface area (Å²) in [4.78, 5) is 18.0. The van der Waals surface area contributed by atoms with Gasteiger partial charge in [0.05, 0.1) is 7.11 Å². The SMILES string of the molecule is CCN(CCCCl)C(=O)c1cccnc1OC. The summed E-state index contributed by atoms with van der Waals surface area (Å²) in [7, 11) is 1.51. The molecule has 4 nitrogen and oxygen atoms in total. The maximum absolute atomic E-state index is 12.2. The molecule has 0 aromatic carbocycles.